The molecule has 1 aromatic rings. The maximum Gasteiger partial charge on any atom is 0.273 e. The zero-order valence-corrected chi connectivity index (χ0v) is 12.1. The fourth-order valence-corrected chi connectivity index (χ4v) is 3.97. The van der Waals surface area contributed by atoms with E-state index in [2.05, 4.69) is 5.43 Å². The number of fused-ring (bicyclic) bond motifs is 1. The van der Waals surface area contributed by atoms with Gasteiger partial charge < -0.3 is 4.42 Å². The molecule has 2 bridgehead atoms. The van der Waals surface area contributed by atoms with Gasteiger partial charge in [-0.3, -0.25) is 19.8 Å². The minimum absolute atomic E-state index is 0.115. The van der Waals surface area contributed by atoms with Crippen LogP contribution in [-0.4, -0.2) is 22.7 Å². The lowest BCUT2D eigenvalue weighted by Crippen LogP contribution is -2.46. The van der Waals surface area contributed by atoms with Crippen LogP contribution in [0.1, 0.15) is 29.0 Å². The van der Waals surface area contributed by atoms with Gasteiger partial charge in [-0.05, 0) is 37.7 Å². The number of aryl methyl sites for hydroxylation is 1. The summed E-state index contributed by atoms with van der Waals surface area (Å²) in [6, 6.07) is 1.52. The Balaban J connectivity index is 1.59. The molecule has 1 saturated carbocycles. The van der Waals surface area contributed by atoms with Crippen LogP contribution in [0.25, 0.3) is 0 Å². The van der Waals surface area contributed by atoms with Gasteiger partial charge in [0.15, 0.2) is 0 Å². The summed E-state index contributed by atoms with van der Waals surface area (Å²) in [5.74, 6) is -1.02. The summed E-state index contributed by atoms with van der Waals surface area (Å²) in [7, 11) is 0. The number of hydrazine groups is 1. The summed E-state index contributed by atoms with van der Waals surface area (Å²) in [5.41, 5.74) is 2.78. The van der Waals surface area contributed by atoms with Crippen LogP contribution in [0.5, 0.6) is 0 Å². The smallest absolute Gasteiger partial charge is 0.273 e. The highest BCUT2D eigenvalue weighted by Gasteiger charge is 2.57. The number of carbonyl (C=O) groups is 3. The molecule has 2 heterocycles. The number of allylic oxidation sites excluding steroid dienone is 2. The van der Waals surface area contributed by atoms with Crippen molar-refractivity contribution in [1.29, 1.82) is 0 Å². The summed E-state index contributed by atoms with van der Waals surface area (Å²) in [6.07, 6.45) is 7.37. The molecule has 1 aromatic heterocycles. The molecule has 1 saturated heterocycles. The van der Waals surface area contributed by atoms with Crippen LogP contribution in [0, 0.1) is 30.6 Å². The fraction of sp³-hybridized carbons (Fsp3) is 0.438. The first-order chi connectivity index (χ1) is 10.6. The average Bonchev–Trinajstić information content (AvgIpc) is 3.07. The van der Waals surface area contributed by atoms with E-state index in [0.29, 0.717) is 11.3 Å². The van der Waals surface area contributed by atoms with E-state index in [1.165, 1.54) is 12.3 Å². The lowest BCUT2D eigenvalue weighted by atomic mass is 9.63. The third kappa shape index (κ3) is 1.70. The third-order valence-electron chi connectivity index (χ3n) is 5.08. The number of rotatable bonds is 2. The Morgan fingerprint density at radius 3 is 2.23 bits per heavy atom. The van der Waals surface area contributed by atoms with Crippen LogP contribution < -0.4 is 5.43 Å². The zero-order valence-electron chi connectivity index (χ0n) is 12.1. The summed E-state index contributed by atoms with van der Waals surface area (Å²) in [4.78, 5) is 37.4. The number of nitrogens with one attached hydrogen (secondary N) is 1. The molecule has 22 heavy (non-hydrogen) atoms. The Labute approximate surface area is 127 Å². The topological polar surface area (TPSA) is 79.6 Å². The van der Waals surface area contributed by atoms with Crippen molar-refractivity contribution in [1.82, 2.24) is 10.4 Å². The van der Waals surface area contributed by atoms with E-state index < -0.39 is 5.91 Å². The predicted octanol–water partition coefficient (Wildman–Crippen LogP) is 1.43. The van der Waals surface area contributed by atoms with E-state index >= 15 is 0 Å². The van der Waals surface area contributed by atoms with E-state index in [1.54, 1.807) is 6.92 Å². The number of furan rings is 1. The quantitative estimate of drug-likeness (QED) is 0.662. The van der Waals surface area contributed by atoms with Crippen molar-refractivity contribution in [2.24, 2.45) is 23.7 Å². The van der Waals surface area contributed by atoms with Gasteiger partial charge in [-0.2, -0.15) is 5.01 Å². The van der Waals surface area contributed by atoms with E-state index in [9.17, 15) is 14.4 Å². The van der Waals surface area contributed by atoms with Crippen molar-refractivity contribution in [3.05, 3.63) is 35.8 Å². The molecule has 4 atom stereocenters. The van der Waals surface area contributed by atoms with Gasteiger partial charge in [0.1, 0.15) is 5.76 Å². The molecular formula is C16H16N2O4. The number of carbonyl (C=O) groups excluding carboxylic acids is 3. The molecule has 0 spiro atoms. The minimum Gasteiger partial charge on any atom is -0.469 e. The van der Waals surface area contributed by atoms with Gasteiger partial charge in [0.2, 0.25) is 0 Å². The Morgan fingerprint density at radius 1 is 1.18 bits per heavy atom. The van der Waals surface area contributed by atoms with Crippen molar-refractivity contribution in [2.45, 2.75) is 19.8 Å². The van der Waals surface area contributed by atoms with Crippen LogP contribution in [-0.2, 0) is 9.59 Å². The van der Waals surface area contributed by atoms with Crippen molar-refractivity contribution in [2.75, 3.05) is 0 Å². The highest BCUT2D eigenvalue weighted by atomic mass is 16.3. The third-order valence-corrected chi connectivity index (χ3v) is 5.08. The minimum atomic E-state index is -0.494. The van der Waals surface area contributed by atoms with Crippen LogP contribution in [0.3, 0.4) is 0 Å². The molecule has 6 heteroatoms. The summed E-state index contributed by atoms with van der Waals surface area (Å²) >= 11 is 0. The van der Waals surface area contributed by atoms with E-state index in [1.807, 2.05) is 12.2 Å². The maximum atomic E-state index is 12.6. The largest absolute Gasteiger partial charge is 0.469 e. The first kappa shape index (κ1) is 13.3. The second-order valence-electron chi connectivity index (χ2n) is 6.18. The monoisotopic (exact) mass is 300 g/mol. The van der Waals surface area contributed by atoms with Crippen molar-refractivity contribution in [3.8, 4) is 0 Å². The number of hydrogen-bond donors (Lipinski definition) is 1. The SMILES string of the molecule is Cc1occc1C(=O)NN1C(=O)[C@@H]2[C@H](C1=O)[C@H]1C=C[C@H]2CC1. The van der Waals surface area contributed by atoms with Crippen molar-refractivity contribution >= 4 is 17.7 Å². The summed E-state index contributed by atoms with van der Waals surface area (Å²) < 4.78 is 5.08. The highest BCUT2D eigenvalue weighted by molar-refractivity contribution is 6.08. The van der Waals surface area contributed by atoms with Gasteiger partial charge in [0.05, 0.1) is 23.7 Å². The molecule has 0 radical (unpaired) electrons. The molecule has 0 aromatic carbocycles. The first-order valence-corrected chi connectivity index (χ1v) is 7.49. The van der Waals surface area contributed by atoms with Crippen LogP contribution in [0.4, 0.5) is 0 Å². The van der Waals surface area contributed by atoms with Crippen LogP contribution in [0.15, 0.2) is 28.9 Å². The van der Waals surface area contributed by atoms with Gasteiger partial charge in [0.25, 0.3) is 17.7 Å². The number of imide groups is 1. The molecule has 114 valence electrons. The van der Waals surface area contributed by atoms with Crippen molar-refractivity contribution in [3.63, 3.8) is 0 Å². The normalized spacial score (nSPS) is 32.5. The van der Waals surface area contributed by atoms with Gasteiger partial charge in [-0.15, -0.1) is 0 Å². The van der Waals surface area contributed by atoms with E-state index in [-0.39, 0.29) is 35.5 Å². The Morgan fingerprint density at radius 2 is 1.77 bits per heavy atom. The number of hydrogen-bond acceptors (Lipinski definition) is 4. The van der Waals surface area contributed by atoms with Crippen LogP contribution in [0.2, 0.25) is 0 Å². The molecule has 2 fully saturated rings. The second-order valence-corrected chi connectivity index (χ2v) is 6.18. The zero-order chi connectivity index (χ0) is 15.4. The van der Waals surface area contributed by atoms with Gasteiger partial charge >= 0.3 is 0 Å². The Hall–Kier alpha value is -2.37. The second kappa shape index (κ2) is 4.56. The average molecular weight is 300 g/mol. The first-order valence-electron chi connectivity index (χ1n) is 7.49. The van der Waals surface area contributed by atoms with Crippen LogP contribution >= 0.6 is 0 Å². The number of nitrogens with zero attached hydrogens (tertiary/aromatic N) is 1. The molecule has 1 N–H and O–H groups in total. The lowest BCUT2D eigenvalue weighted by Gasteiger charge is -2.37. The fourth-order valence-electron chi connectivity index (χ4n) is 3.97. The van der Waals surface area contributed by atoms with Crippen molar-refractivity contribution < 1.29 is 18.8 Å². The molecule has 6 nitrogen and oxygen atoms in total. The molecule has 0 unspecified atom stereocenters. The predicted molar refractivity (Wildman–Crippen MR) is 75.1 cm³/mol. The standard InChI is InChI=1S/C16H16N2O4/c1-8-11(6-7-22-8)14(19)17-18-15(20)12-9-2-3-10(5-4-9)13(12)16(18)21/h2-3,6-7,9-10,12-13H,4-5H2,1H3,(H,17,19)/t9-,10-,12-,13+/m0/s1. The van der Waals surface area contributed by atoms with Gasteiger partial charge in [0, 0.05) is 0 Å². The molecule has 4 aliphatic rings. The van der Waals surface area contributed by atoms with Gasteiger partial charge in [-0.1, -0.05) is 12.2 Å². The lowest BCUT2D eigenvalue weighted by molar-refractivity contribution is -0.143. The highest BCUT2D eigenvalue weighted by Crippen LogP contribution is 2.49. The van der Waals surface area contributed by atoms with E-state index in [0.717, 1.165) is 17.9 Å². The van der Waals surface area contributed by atoms with Gasteiger partial charge in [-0.25, -0.2) is 0 Å². The Bertz CT molecular complexity index is 673. The molecule has 3 amide bonds. The molecule has 3 aliphatic carbocycles. The number of amides is 3. The molecular weight excluding hydrogens is 284 g/mol. The molecule has 1 aliphatic heterocycles. The summed E-state index contributed by atoms with van der Waals surface area (Å²) in [5, 5.41) is 0.919. The summed E-state index contributed by atoms with van der Waals surface area (Å²) in [6.45, 7) is 1.66. The van der Waals surface area contributed by atoms with E-state index in [4.69, 9.17) is 4.42 Å². The Kier molecular flexibility index (Phi) is 2.76. The molecule has 5 rings (SSSR count). The maximum absolute atomic E-state index is 12.6.